The number of hydrogen-bond donors (Lipinski definition) is 3. The number of anilines is 1. The summed E-state index contributed by atoms with van der Waals surface area (Å²) in [6.45, 7) is 6.81. The van der Waals surface area contributed by atoms with E-state index in [0.717, 1.165) is 0 Å². The van der Waals surface area contributed by atoms with Crippen LogP contribution in [0.4, 0.5) is 5.82 Å². The van der Waals surface area contributed by atoms with Gasteiger partial charge in [0, 0.05) is 0 Å². The largest absolute Gasteiger partial charge is 0.790 e. The smallest absolute Gasteiger partial charge is 0.167 e. The van der Waals surface area contributed by atoms with E-state index in [2.05, 4.69) is 31.4 Å². The van der Waals surface area contributed by atoms with Gasteiger partial charge in [-0.15, -0.1) is 6.58 Å². The molecule has 0 aliphatic carbocycles. The van der Waals surface area contributed by atoms with Crippen molar-refractivity contribution in [3.05, 3.63) is 25.3 Å². The van der Waals surface area contributed by atoms with Gasteiger partial charge in [-0.3, -0.25) is 4.57 Å². The molecule has 12 nitrogen and oxygen atoms in total. The summed E-state index contributed by atoms with van der Waals surface area (Å²) in [5.41, 5.74) is 0.233. The minimum absolute atomic E-state index is 0.313. The first-order chi connectivity index (χ1) is 13.0. The van der Waals surface area contributed by atoms with Crippen molar-refractivity contribution in [1.82, 2.24) is 19.5 Å². The summed E-state index contributed by atoms with van der Waals surface area (Å²) in [5.74, 6) is 0.431. The molecule has 1 aliphatic heterocycles. The number of fused-ring (bicyclic) bond motifs is 1. The third-order valence-corrected chi connectivity index (χ3v) is 4.78. The fourth-order valence-electron chi connectivity index (χ4n) is 2.75. The summed E-state index contributed by atoms with van der Waals surface area (Å²) >= 11 is 0. The van der Waals surface area contributed by atoms with Gasteiger partial charge in [-0.25, -0.2) is 15.0 Å². The number of nitrogens with zero attached hydrogens (tertiary/aromatic N) is 4. The van der Waals surface area contributed by atoms with Crippen molar-refractivity contribution in [2.75, 3.05) is 11.9 Å². The molecule has 3 rings (SSSR count). The van der Waals surface area contributed by atoms with E-state index >= 15 is 0 Å². The van der Waals surface area contributed by atoms with Crippen molar-refractivity contribution in [3.63, 3.8) is 0 Å². The van der Waals surface area contributed by atoms with Crippen molar-refractivity contribution < 1.29 is 33.8 Å². The number of hydrogen-bond acceptors (Lipinski definition) is 11. The van der Waals surface area contributed by atoms with Gasteiger partial charge in [-0.1, -0.05) is 6.08 Å². The predicted molar refractivity (Wildman–Crippen MR) is 92.7 cm³/mol. The first-order valence-corrected chi connectivity index (χ1v) is 9.76. The average Bonchev–Trinajstić information content (AvgIpc) is 3.15. The number of imidazole rings is 1. The number of ether oxygens (including phenoxy) is 1. The first kappa shape index (κ1) is 20.8. The van der Waals surface area contributed by atoms with Crippen LogP contribution >= 0.6 is 7.82 Å². The van der Waals surface area contributed by atoms with Crippen molar-refractivity contribution >= 4 is 24.8 Å². The Hall–Kier alpha value is -1.92. The van der Waals surface area contributed by atoms with Gasteiger partial charge in [0.1, 0.15) is 24.6 Å². The number of phosphoric ester groups is 1. The minimum atomic E-state index is -5.24. The third kappa shape index (κ3) is 4.23. The van der Waals surface area contributed by atoms with E-state index in [-0.39, 0.29) is 0 Å². The Morgan fingerprint density at radius 3 is 2.75 bits per heavy atom. The Bertz CT molecular complexity index is 913. The molecule has 28 heavy (non-hydrogen) atoms. The van der Waals surface area contributed by atoms with Crippen LogP contribution in [0.25, 0.3) is 11.2 Å². The highest BCUT2D eigenvalue weighted by atomic mass is 31.2. The van der Waals surface area contributed by atoms with Crippen LogP contribution in [-0.2, 0) is 13.8 Å². The van der Waals surface area contributed by atoms with Crippen LogP contribution in [0.15, 0.2) is 25.3 Å². The van der Waals surface area contributed by atoms with Gasteiger partial charge >= 0.3 is 0 Å². The van der Waals surface area contributed by atoms with Gasteiger partial charge in [0.25, 0.3) is 0 Å². The molecule has 0 unspecified atom stereocenters. The van der Waals surface area contributed by atoms with Crippen LogP contribution in [0.5, 0.6) is 0 Å². The number of nitrogens with one attached hydrogen (secondary N) is 1. The molecule has 0 spiro atoms. The molecule has 0 aromatic carbocycles. The van der Waals surface area contributed by atoms with Gasteiger partial charge in [0.05, 0.1) is 26.3 Å². The van der Waals surface area contributed by atoms with Crippen molar-refractivity contribution in [3.8, 4) is 0 Å². The zero-order valence-corrected chi connectivity index (χ0v) is 16.0. The first-order valence-electron chi connectivity index (χ1n) is 8.30. The van der Waals surface area contributed by atoms with E-state index in [1.807, 2.05) is 13.8 Å². The fourth-order valence-corrected chi connectivity index (χ4v) is 3.08. The highest BCUT2D eigenvalue weighted by Gasteiger charge is 2.44. The molecule has 0 bridgehead atoms. The van der Waals surface area contributed by atoms with Crippen LogP contribution in [0, 0.1) is 0 Å². The van der Waals surface area contributed by atoms with Gasteiger partial charge in [0.15, 0.2) is 23.2 Å². The van der Waals surface area contributed by atoms with Crippen LogP contribution in [0.1, 0.15) is 20.1 Å². The maximum Gasteiger partial charge on any atom is 0.167 e. The standard InChI is InChI=1S/C15H22N5O7P/c1-4-15(2,3)19-12-9-13(17-6-16-12)20(7-18-9)14-11(22)10(21)8(27-14)5-26-28(23,24)25/h4,6-8,10-11,14,21-22H,1,5H2,2-3H3,(H,16,17,19)(H2,23,24,25)/p-2/t8-,10-,11-,14-/m1/s1. The molecule has 1 fully saturated rings. The Morgan fingerprint density at radius 2 is 2.11 bits per heavy atom. The summed E-state index contributed by atoms with van der Waals surface area (Å²) in [6, 6.07) is 0. The zero-order valence-electron chi connectivity index (χ0n) is 15.1. The highest BCUT2D eigenvalue weighted by molar-refractivity contribution is 7.43. The molecular weight excluding hydrogens is 393 g/mol. The summed E-state index contributed by atoms with van der Waals surface area (Å²) in [7, 11) is -5.24. The summed E-state index contributed by atoms with van der Waals surface area (Å²) in [4.78, 5) is 33.8. The van der Waals surface area contributed by atoms with Crippen molar-refractivity contribution in [2.45, 2.75) is 43.9 Å². The second-order valence-corrected chi connectivity index (χ2v) is 8.04. The van der Waals surface area contributed by atoms with E-state index in [0.29, 0.717) is 17.0 Å². The summed E-state index contributed by atoms with van der Waals surface area (Å²) in [5, 5.41) is 23.6. The Kier molecular flexibility index (Phi) is 5.56. The second-order valence-electron chi connectivity index (χ2n) is 6.89. The lowest BCUT2D eigenvalue weighted by Crippen LogP contribution is -2.34. The Labute approximate surface area is 160 Å². The van der Waals surface area contributed by atoms with Crippen LogP contribution < -0.4 is 15.1 Å². The molecule has 2 aromatic rings. The maximum absolute atomic E-state index is 10.6. The molecule has 3 N–H and O–H groups in total. The zero-order chi connectivity index (χ0) is 20.7. The Morgan fingerprint density at radius 1 is 1.39 bits per heavy atom. The van der Waals surface area contributed by atoms with Gasteiger partial charge in [0.2, 0.25) is 0 Å². The van der Waals surface area contributed by atoms with Gasteiger partial charge in [-0.2, -0.15) is 0 Å². The van der Waals surface area contributed by atoms with Gasteiger partial charge < -0.3 is 39.1 Å². The molecule has 1 saturated heterocycles. The van der Waals surface area contributed by atoms with E-state index in [9.17, 15) is 24.6 Å². The van der Waals surface area contributed by atoms with E-state index in [1.54, 1.807) is 6.08 Å². The topological polar surface area (TPSA) is 178 Å². The van der Waals surface area contributed by atoms with Crippen LogP contribution in [0.2, 0.25) is 0 Å². The number of aliphatic hydroxyl groups excluding tert-OH is 2. The predicted octanol–water partition coefficient (Wildman–Crippen LogP) is -1.33. The highest BCUT2D eigenvalue weighted by Crippen LogP contribution is 2.34. The number of aliphatic hydroxyl groups is 2. The summed E-state index contributed by atoms with van der Waals surface area (Å²) in [6.07, 6.45) is -0.914. The molecule has 0 radical (unpaired) electrons. The van der Waals surface area contributed by atoms with E-state index < -0.39 is 44.5 Å². The van der Waals surface area contributed by atoms with Crippen LogP contribution in [-0.4, -0.2) is 60.2 Å². The second kappa shape index (κ2) is 7.48. The maximum atomic E-state index is 10.6. The number of aromatic nitrogens is 4. The lowest BCUT2D eigenvalue weighted by Gasteiger charge is -2.30. The van der Waals surface area contributed by atoms with Crippen LogP contribution in [0.3, 0.4) is 0 Å². The molecule has 154 valence electrons. The van der Waals surface area contributed by atoms with E-state index in [1.165, 1.54) is 17.2 Å². The average molecular weight is 413 g/mol. The molecule has 0 amide bonds. The molecule has 2 aromatic heterocycles. The molecule has 3 heterocycles. The summed E-state index contributed by atoms with van der Waals surface area (Å²) < 4.78 is 21.7. The molecule has 13 heteroatoms. The van der Waals surface area contributed by atoms with Crippen molar-refractivity contribution in [2.24, 2.45) is 0 Å². The normalized spacial score (nSPS) is 25.9. The van der Waals surface area contributed by atoms with Crippen molar-refractivity contribution in [1.29, 1.82) is 0 Å². The quantitative estimate of drug-likeness (QED) is 0.362. The molecule has 0 saturated carbocycles. The monoisotopic (exact) mass is 413 g/mol. The van der Waals surface area contributed by atoms with E-state index in [4.69, 9.17) is 4.74 Å². The fraction of sp³-hybridized carbons (Fsp3) is 0.533. The molecule has 4 atom stereocenters. The van der Waals surface area contributed by atoms with Gasteiger partial charge in [-0.05, 0) is 13.8 Å². The lowest BCUT2D eigenvalue weighted by atomic mass is 10.1. The lowest BCUT2D eigenvalue weighted by molar-refractivity contribution is -0.343. The number of phosphoric acid groups is 1. The molecular formula is C15H20N5O7P-2. The molecule has 1 aliphatic rings. The number of rotatable bonds is 7. The minimum Gasteiger partial charge on any atom is -0.790 e. The third-order valence-electron chi connectivity index (χ3n) is 4.32. The Balaban J connectivity index is 1.88. The SMILES string of the molecule is C=CC(C)(C)Nc1ncnc2c1ncn2[C@@H]1O[C@H](COP(=O)([O-])[O-])[C@@H](O)[C@H]1O.